The molecule has 0 radical (unpaired) electrons. The number of allylic oxidation sites excluding steroid dienone is 1. The molecule has 1 atom stereocenters. The fourth-order valence-corrected chi connectivity index (χ4v) is 7.54. The third kappa shape index (κ3) is 17.1. The van der Waals surface area contributed by atoms with Gasteiger partial charge in [-0.25, -0.2) is 4.79 Å². The number of anilines is 1. The maximum absolute atomic E-state index is 12.9. The number of carboxylic acids is 1. The highest BCUT2D eigenvalue weighted by Crippen LogP contribution is 2.34. The van der Waals surface area contributed by atoms with Crippen molar-refractivity contribution in [3.63, 3.8) is 0 Å². The van der Waals surface area contributed by atoms with E-state index in [4.69, 9.17) is 4.74 Å². The first kappa shape index (κ1) is 45.5. The Hall–Kier alpha value is -5.23. The maximum atomic E-state index is 12.9. The Balaban J connectivity index is 1.19. The van der Waals surface area contributed by atoms with Crippen LogP contribution in [0.2, 0.25) is 0 Å². The van der Waals surface area contributed by atoms with Gasteiger partial charge in [0.05, 0.1) is 0 Å². The van der Waals surface area contributed by atoms with Crippen LogP contribution < -0.4 is 5.32 Å². The average Bonchev–Trinajstić information content (AvgIpc) is 3.24. The normalized spacial score (nSPS) is 12.2. The van der Waals surface area contributed by atoms with Crippen molar-refractivity contribution in [3.05, 3.63) is 143 Å². The third-order valence-corrected chi connectivity index (χ3v) is 10.7. The molecule has 1 unspecified atom stereocenters. The molecule has 6 heteroatoms. The molecule has 0 saturated heterocycles. The number of rotatable bonds is 27. The van der Waals surface area contributed by atoms with E-state index >= 15 is 0 Å². The van der Waals surface area contributed by atoms with Gasteiger partial charge in [0, 0.05) is 24.6 Å². The Labute approximate surface area is 347 Å². The van der Waals surface area contributed by atoms with Crippen molar-refractivity contribution in [2.45, 2.75) is 130 Å². The van der Waals surface area contributed by atoms with Crippen LogP contribution in [0.5, 0.6) is 0 Å². The zero-order valence-corrected chi connectivity index (χ0v) is 34.9. The fourth-order valence-electron chi connectivity index (χ4n) is 7.54. The second kappa shape index (κ2) is 26.6. The van der Waals surface area contributed by atoms with Gasteiger partial charge in [-0.1, -0.05) is 194 Å². The largest absolute Gasteiger partial charge is 0.481 e. The standard InChI is InChI=1S/C52H65NO5/c1-3-5-6-7-8-9-10-11-12-13-14-15-18-23-43(39-50(55)56)38-49(54)53-47-35-30-42(31-36-47)40-58-51(57)37-32-41-28-33-46(34-29-41)52(45-26-21-17-22-27-45)48(4-2)44-24-19-16-20-25-44/h16-17,19-22,24-37,43H,3-15,18,23,38-40H2,1-2H3,(H,53,54)(H,55,56)/b37-32+,52-48-. The van der Waals surface area contributed by atoms with Crippen molar-refractivity contribution in [2.75, 3.05) is 5.32 Å². The predicted molar refractivity (Wildman–Crippen MR) is 240 cm³/mol. The van der Waals surface area contributed by atoms with E-state index in [-0.39, 0.29) is 31.3 Å². The smallest absolute Gasteiger partial charge is 0.331 e. The van der Waals surface area contributed by atoms with Crippen LogP contribution in [0.15, 0.2) is 115 Å². The summed E-state index contributed by atoms with van der Waals surface area (Å²) in [6.07, 6.45) is 21.4. The van der Waals surface area contributed by atoms with Crippen molar-refractivity contribution in [1.82, 2.24) is 0 Å². The number of hydrogen-bond acceptors (Lipinski definition) is 4. The quantitative estimate of drug-likeness (QED) is 0.0272. The van der Waals surface area contributed by atoms with Gasteiger partial charge in [-0.2, -0.15) is 0 Å². The van der Waals surface area contributed by atoms with Crippen LogP contribution in [-0.4, -0.2) is 23.0 Å². The Kier molecular flexibility index (Phi) is 20.9. The maximum Gasteiger partial charge on any atom is 0.331 e. The number of carbonyl (C=O) groups excluding carboxylic acids is 2. The van der Waals surface area contributed by atoms with Crippen LogP contribution >= 0.6 is 0 Å². The molecule has 308 valence electrons. The highest BCUT2D eigenvalue weighted by molar-refractivity contribution is 5.98. The van der Waals surface area contributed by atoms with Crippen LogP contribution in [0.4, 0.5) is 5.69 Å². The van der Waals surface area contributed by atoms with Crippen LogP contribution in [0.3, 0.4) is 0 Å². The molecule has 2 N–H and O–H groups in total. The second-order valence-electron chi connectivity index (χ2n) is 15.4. The van der Waals surface area contributed by atoms with Gasteiger partial charge < -0.3 is 15.2 Å². The zero-order valence-electron chi connectivity index (χ0n) is 34.9. The topological polar surface area (TPSA) is 92.7 Å². The predicted octanol–water partition coefficient (Wildman–Crippen LogP) is 13.7. The number of aliphatic carboxylic acids is 1. The Morgan fingerprint density at radius 2 is 1.16 bits per heavy atom. The summed E-state index contributed by atoms with van der Waals surface area (Å²) < 4.78 is 5.50. The van der Waals surface area contributed by atoms with E-state index in [9.17, 15) is 19.5 Å². The molecule has 0 spiro atoms. The monoisotopic (exact) mass is 783 g/mol. The molecular formula is C52H65NO5. The number of hydrogen-bond donors (Lipinski definition) is 2. The molecule has 4 aromatic rings. The molecule has 0 fully saturated rings. The molecule has 0 heterocycles. The number of carboxylic acid groups (broad SMARTS) is 1. The lowest BCUT2D eigenvalue weighted by atomic mass is 9.88. The van der Waals surface area contributed by atoms with Gasteiger partial charge in [0.15, 0.2) is 0 Å². The van der Waals surface area contributed by atoms with Crippen molar-refractivity contribution in [1.29, 1.82) is 0 Å². The molecule has 1 amide bonds. The summed E-state index contributed by atoms with van der Waals surface area (Å²) >= 11 is 0. The zero-order chi connectivity index (χ0) is 41.2. The summed E-state index contributed by atoms with van der Waals surface area (Å²) in [6, 6.07) is 36.3. The van der Waals surface area contributed by atoms with Gasteiger partial charge in [-0.3, -0.25) is 9.59 Å². The van der Waals surface area contributed by atoms with Gasteiger partial charge in [0.25, 0.3) is 0 Å². The SMILES string of the molecule is CCCCCCCCCCCCCCCC(CC(=O)O)CC(=O)Nc1ccc(COC(=O)/C=C/c2ccc(/C(=C(/CC)c3ccccc3)c3ccccc3)cc2)cc1. The Bertz CT molecular complexity index is 1850. The van der Waals surface area contributed by atoms with E-state index in [0.717, 1.165) is 54.4 Å². The molecule has 0 aromatic heterocycles. The minimum atomic E-state index is -0.867. The molecule has 58 heavy (non-hydrogen) atoms. The second-order valence-corrected chi connectivity index (χ2v) is 15.4. The highest BCUT2D eigenvalue weighted by Gasteiger charge is 2.18. The van der Waals surface area contributed by atoms with Gasteiger partial charge in [0.1, 0.15) is 6.61 Å². The van der Waals surface area contributed by atoms with E-state index in [0.29, 0.717) is 5.69 Å². The molecular weight excluding hydrogens is 719 g/mol. The number of benzene rings is 4. The van der Waals surface area contributed by atoms with Crippen LogP contribution in [-0.2, 0) is 25.7 Å². The van der Waals surface area contributed by atoms with Gasteiger partial charge in [0.2, 0.25) is 5.91 Å². The number of esters is 1. The Morgan fingerprint density at radius 3 is 1.71 bits per heavy atom. The lowest BCUT2D eigenvalue weighted by molar-refractivity contribution is -0.139. The molecule has 6 nitrogen and oxygen atoms in total. The summed E-state index contributed by atoms with van der Waals surface area (Å²) in [7, 11) is 0. The molecule has 0 bridgehead atoms. The number of ether oxygens (including phenoxy) is 1. The Morgan fingerprint density at radius 1 is 0.621 bits per heavy atom. The van der Waals surface area contributed by atoms with Crippen molar-refractivity contribution in [2.24, 2.45) is 5.92 Å². The average molecular weight is 784 g/mol. The number of amides is 1. The summed E-state index contributed by atoms with van der Waals surface area (Å²) in [6.45, 7) is 4.54. The molecule has 4 rings (SSSR count). The molecule has 0 aliphatic carbocycles. The number of nitrogens with one attached hydrogen (secondary N) is 1. The van der Waals surface area contributed by atoms with Crippen molar-refractivity contribution >= 4 is 40.8 Å². The summed E-state index contributed by atoms with van der Waals surface area (Å²) in [5, 5.41) is 12.4. The van der Waals surface area contributed by atoms with E-state index in [1.807, 2.05) is 36.4 Å². The highest BCUT2D eigenvalue weighted by atomic mass is 16.5. The number of unbranched alkanes of at least 4 members (excludes halogenated alkanes) is 12. The van der Waals surface area contributed by atoms with Gasteiger partial charge in [-0.05, 0) is 75.9 Å². The molecule has 0 aliphatic heterocycles. The van der Waals surface area contributed by atoms with E-state index < -0.39 is 11.9 Å². The molecule has 0 aliphatic rings. The van der Waals surface area contributed by atoms with Gasteiger partial charge in [-0.15, -0.1) is 0 Å². The lowest BCUT2D eigenvalue weighted by Crippen LogP contribution is -2.19. The number of carbonyl (C=O) groups is 3. The summed E-state index contributed by atoms with van der Waals surface area (Å²) in [4.78, 5) is 37.0. The van der Waals surface area contributed by atoms with Crippen molar-refractivity contribution in [3.8, 4) is 0 Å². The summed E-state index contributed by atoms with van der Waals surface area (Å²) in [5.74, 6) is -1.69. The first-order valence-electron chi connectivity index (χ1n) is 21.8. The lowest BCUT2D eigenvalue weighted by Gasteiger charge is -2.16. The minimum Gasteiger partial charge on any atom is -0.481 e. The molecule has 0 saturated carbocycles. The first-order chi connectivity index (χ1) is 28.4. The van der Waals surface area contributed by atoms with E-state index in [2.05, 4.69) is 79.8 Å². The fraction of sp³-hybridized carbons (Fsp3) is 0.404. The third-order valence-electron chi connectivity index (χ3n) is 10.7. The molecule has 4 aromatic carbocycles. The minimum absolute atomic E-state index is 0.00315. The summed E-state index contributed by atoms with van der Waals surface area (Å²) in [5.41, 5.74) is 8.24. The van der Waals surface area contributed by atoms with E-state index in [1.54, 1.807) is 18.2 Å². The van der Waals surface area contributed by atoms with E-state index in [1.165, 1.54) is 87.0 Å². The van der Waals surface area contributed by atoms with Gasteiger partial charge >= 0.3 is 11.9 Å². The van der Waals surface area contributed by atoms with Crippen LogP contribution in [0.1, 0.15) is 151 Å². The van der Waals surface area contributed by atoms with Crippen molar-refractivity contribution < 1.29 is 24.2 Å². The van der Waals surface area contributed by atoms with Crippen LogP contribution in [0, 0.1) is 5.92 Å². The van der Waals surface area contributed by atoms with Crippen LogP contribution in [0.25, 0.3) is 17.2 Å². The first-order valence-corrected chi connectivity index (χ1v) is 21.8.